The van der Waals surface area contributed by atoms with Gasteiger partial charge >= 0.3 is 0 Å². The van der Waals surface area contributed by atoms with Crippen molar-refractivity contribution in [2.24, 2.45) is 0 Å². The van der Waals surface area contributed by atoms with Gasteiger partial charge in [-0.05, 0) is 34.1 Å². The maximum atomic E-state index is 11.9. The second kappa shape index (κ2) is 5.54. The largest absolute Gasteiger partial charge is 0.472 e. The molecule has 0 amide bonds. The van der Waals surface area contributed by atoms with Crippen LogP contribution in [0, 0.1) is 0 Å². The van der Waals surface area contributed by atoms with E-state index in [4.69, 9.17) is 4.42 Å². The molecule has 0 radical (unpaired) electrons. The standard InChI is InChI=1S/C10H10BrNO4S2/c11-9-1-2-10(17-9)18(14,15)12-5-8(13)7-3-4-16-6-7/h1-4,6,8,12-13H,5H2/t8-/m0/s1. The maximum Gasteiger partial charge on any atom is 0.250 e. The summed E-state index contributed by atoms with van der Waals surface area (Å²) in [6.45, 7) is -0.0998. The van der Waals surface area contributed by atoms with E-state index in [0.29, 0.717) is 5.56 Å². The molecule has 0 fully saturated rings. The number of furan rings is 1. The first-order valence-corrected chi connectivity index (χ1v) is 8.03. The fourth-order valence-corrected chi connectivity index (χ4v) is 4.38. The van der Waals surface area contributed by atoms with E-state index in [0.717, 1.165) is 15.1 Å². The van der Waals surface area contributed by atoms with E-state index in [9.17, 15) is 13.5 Å². The quantitative estimate of drug-likeness (QED) is 0.864. The van der Waals surface area contributed by atoms with Gasteiger partial charge in [0.05, 0.1) is 22.4 Å². The van der Waals surface area contributed by atoms with Crippen LogP contribution in [0.2, 0.25) is 0 Å². The van der Waals surface area contributed by atoms with Gasteiger partial charge in [-0.15, -0.1) is 11.3 Å². The van der Waals surface area contributed by atoms with Crippen LogP contribution in [-0.4, -0.2) is 20.1 Å². The summed E-state index contributed by atoms with van der Waals surface area (Å²) in [5.74, 6) is 0. The average Bonchev–Trinajstić information content (AvgIpc) is 2.96. The van der Waals surface area contributed by atoms with Gasteiger partial charge in [-0.2, -0.15) is 0 Å². The molecule has 8 heteroatoms. The van der Waals surface area contributed by atoms with E-state index < -0.39 is 16.1 Å². The number of nitrogens with one attached hydrogen (secondary N) is 1. The van der Waals surface area contributed by atoms with Crippen LogP contribution in [-0.2, 0) is 10.0 Å². The van der Waals surface area contributed by atoms with E-state index in [1.165, 1.54) is 18.6 Å². The van der Waals surface area contributed by atoms with Crippen molar-refractivity contribution in [1.29, 1.82) is 0 Å². The molecule has 2 aromatic heterocycles. The van der Waals surface area contributed by atoms with E-state index >= 15 is 0 Å². The maximum absolute atomic E-state index is 11.9. The number of thiophene rings is 1. The fourth-order valence-electron chi connectivity index (χ4n) is 1.28. The van der Waals surface area contributed by atoms with Crippen LogP contribution in [0.25, 0.3) is 0 Å². The summed E-state index contributed by atoms with van der Waals surface area (Å²) in [5, 5.41) is 9.73. The van der Waals surface area contributed by atoms with E-state index in [1.807, 2.05) is 0 Å². The molecular formula is C10H10BrNO4S2. The lowest BCUT2D eigenvalue weighted by molar-refractivity contribution is 0.181. The van der Waals surface area contributed by atoms with Crippen molar-refractivity contribution < 1.29 is 17.9 Å². The Balaban J connectivity index is 2.02. The molecular weight excluding hydrogens is 342 g/mol. The van der Waals surface area contributed by atoms with Crippen molar-refractivity contribution in [3.05, 3.63) is 40.1 Å². The van der Waals surface area contributed by atoms with Crippen LogP contribution in [0.15, 0.2) is 43.1 Å². The lowest BCUT2D eigenvalue weighted by atomic mass is 10.2. The highest BCUT2D eigenvalue weighted by Crippen LogP contribution is 2.26. The van der Waals surface area contributed by atoms with Crippen molar-refractivity contribution >= 4 is 37.3 Å². The van der Waals surface area contributed by atoms with Gasteiger partial charge in [0.15, 0.2) is 0 Å². The minimum absolute atomic E-state index is 0.0998. The van der Waals surface area contributed by atoms with Gasteiger partial charge in [0.25, 0.3) is 0 Å². The highest BCUT2D eigenvalue weighted by Gasteiger charge is 2.18. The molecule has 0 saturated heterocycles. The van der Waals surface area contributed by atoms with E-state index in [2.05, 4.69) is 20.7 Å². The smallest absolute Gasteiger partial charge is 0.250 e. The summed E-state index contributed by atoms with van der Waals surface area (Å²) in [7, 11) is -3.58. The second-order valence-corrected chi connectivity index (χ2v) is 7.94. The SMILES string of the molecule is O=S(=O)(NC[C@H](O)c1ccoc1)c1ccc(Br)s1. The molecule has 2 heterocycles. The zero-order chi connectivity index (χ0) is 13.2. The second-order valence-electron chi connectivity index (χ2n) is 3.48. The Kier molecular flexibility index (Phi) is 4.23. The lowest BCUT2D eigenvalue weighted by Gasteiger charge is -2.09. The number of aliphatic hydroxyl groups is 1. The van der Waals surface area contributed by atoms with Gasteiger partial charge in [-0.3, -0.25) is 0 Å². The predicted molar refractivity (Wildman–Crippen MR) is 70.9 cm³/mol. The summed E-state index contributed by atoms with van der Waals surface area (Å²) in [6.07, 6.45) is 1.87. The van der Waals surface area contributed by atoms with Crippen molar-refractivity contribution in [2.45, 2.75) is 10.3 Å². The number of hydrogen-bond donors (Lipinski definition) is 2. The topological polar surface area (TPSA) is 79.5 Å². The zero-order valence-electron chi connectivity index (χ0n) is 9.04. The Morgan fingerprint density at radius 3 is 2.78 bits per heavy atom. The van der Waals surface area contributed by atoms with Gasteiger partial charge in [0.2, 0.25) is 10.0 Å². The van der Waals surface area contributed by atoms with Crippen LogP contribution in [0.1, 0.15) is 11.7 Å². The molecule has 98 valence electrons. The Hall–Kier alpha value is -0.670. The minimum Gasteiger partial charge on any atom is -0.472 e. The first-order chi connectivity index (χ1) is 8.49. The van der Waals surface area contributed by atoms with E-state index in [1.54, 1.807) is 12.1 Å². The van der Waals surface area contributed by atoms with Crippen molar-refractivity contribution in [1.82, 2.24) is 4.72 Å². The van der Waals surface area contributed by atoms with Crippen molar-refractivity contribution in [2.75, 3.05) is 6.54 Å². The Bertz CT molecular complexity index is 606. The third-order valence-electron chi connectivity index (χ3n) is 2.21. The van der Waals surface area contributed by atoms with Gasteiger partial charge < -0.3 is 9.52 Å². The first kappa shape index (κ1) is 13.8. The molecule has 0 aliphatic rings. The monoisotopic (exact) mass is 351 g/mol. The molecule has 0 bridgehead atoms. The zero-order valence-corrected chi connectivity index (χ0v) is 12.3. The van der Waals surface area contributed by atoms with Crippen molar-refractivity contribution in [3.63, 3.8) is 0 Å². The number of hydrogen-bond acceptors (Lipinski definition) is 5. The number of halogens is 1. The Morgan fingerprint density at radius 1 is 1.44 bits per heavy atom. The van der Waals surface area contributed by atoms with Gasteiger partial charge in [0.1, 0.15) is 4.21 Å². The van der Waals surface area contributed by atoms with Crippen LogP contribution >= 0.6 is 27.3 Å². The highest BCUT2D eigenvalue weighted by molar-refractivity contribution is 9.11. The van der Waals surface area contributed by atoms with Crippen LogP contribution in [0.5, 0.6) is 0 Å². The molecule has 5 nitrogen and oxygen atoms in total. The van der Waals surface area contributed by atoms with Crippen LogP contribution in [0.4, 0.5) is 0 Å². The molecule has 0 aromatic carbocycles. The molecule has 1 atom stereocenters. The molecule has 2 N–H and O–H groups in total. The Morgan fingerprint density at radius 2 is 2.22 bits per heavy atom. The molecule has 0 spiro atoms. The van der Waals surface area contributed by atoms with Crippen LogP contribution in [0.3, 0.4) is 0 Å². The third-order valence-corrected chi connectivity index (χ3v) is 5.75. The van der Waals surface area contributed by atoms with E-state index in [-0.39, 0.29) is 10.8 Å². The summed E-state index contributed by atoms with van der Waals surface area (Å²) in [6, 6.07) is 4.74. The highest BCUT2D eigenvalue weighted by atomic mass is 79.9. The molecule has 18 heavy (non-hydrogen) atoms. The summed E-state index contributed by atoms with van der Waals surface area (Å²) >= 11 is 4.31. The number of sulfonamides is 1. The van der Waals surface area contributed by atoms with Crippen LogP contribution < -0.4 is 4.72 Å². The predicted octanol–water partition coefficient (Wildman–Crippen LogP) is 2.12. The summed E-state index contributed by atoms with van der Waals surface area (Å²) in [5.41, 5.74) is 0.532. The number of rotatable bonds is 5. The molecule has 0 aliphatic carbocycles. The van der Waals surface area contributed by atoms with Crippen molar-refractivity contribution in [3.8, 4) is 0 Å². The summed E-state index contributed by atoms with van der Waals surface area (Å²) in [4.78, 5) is 0. The first-order valence-electron chi connectivity index (χ1n) is 4.94. The minimum atomic E-state index is -3.58. The molecule has 2 rings (SSSR count). The van der Waals surface area contributed by atoms with Gasteiger partial charge in [0, 0.05) is 12.1 Å². The Labute approximate surface area is 117 Å². The van der Waals surface area contributed by atoms with Gasteiger partial charge in [-0.25, -0.2) is 13.1 Å². The molecule has 2 aromatic rings. The fraction of sp³-hybridized carbons (Fsp3) is 0.200. The molecule has 0 aliphatic heterocycles. The number of aliphatic hydroxyl groups excluding tert-OH is 1. The molecule has 0 saturated carbocycles. The lowest BCUT2D eigenvalue weighted by Crippen LogP contribution is -2.27. The molecule has 0 unspecified atom stereocenters. The summed E-state index contributed by atoms with van der Waals surface area (Å²) < 4.78 is 31.8. The average molecular weight is 352 g/mol. The third kappa shape index (κ3) is 3.21. The normalized spacial score (nSPS) is 13.7. The van der Waals surface area contributed by atoms with Gasteiger partial charge in [-0.1, -0.05) is 0 Å².